The van der Waals surface area contributed by atoms with Gasteiger partial charge in [-0.25, -0.2) is 0 Å². The quantitative estimate of drug-likeness (QED) is 0.689. The zero-order valence-corrected chi connectivity index (χ0v) is 8.25. The minimum Gasteiger partial charge on any atom is -0.328 e. The molecule has 0 aromatic rings. The number of carbonyl (C=O) groups excluding carboxylic acids is 1. The molecule has 1 atom stereocenters. The molecular formula is C10H18N2O. The van der Waals surface area contributed by atoms with Gasteiger partial charge in [0.1, 0.15) is 0 Å². The van der Waals surface area contributed by atoms with Gasteiger partial charge in [0.05, 0.1) is 12.7 Å². The first kappa shape index (κ1) is 9.00. The lowest BCUT2D eigenvalue weighted by atomic mass is 10.1. The second kappa shape index (κ2) is 3.66. The summed E-state index contributed by atoms with van der Waals surface area (Å²) in [4.78, 5) is 13.5. The Labute approximate surface area is 79.5 Å². The Kier molecular flexibility index (Phi) is 2.54. The predicted octanol–water partition coefficient (Wildman–Crippen LogP) is 0.954. The standard InChI is InChI=1S/C10H18N2O/c1-8-10(13)12(7-11-8)6-9-4-2-3-5-9/h8-9,11H,2-7H2,1H3. The van der Waals surface area contributed by atoms with Gasteiger partial charge in [0.15, 0.2) is 0 Å². The van der Waals surface area contributed by atoms with E-state index in [1.807, 2.05) is 11.8 Å². The van der Waals surface area contributed by atoms with E-state index in [0.717, 1.165) is 19.1 Å². The Morgan fingerprint density at radius 2 is 2.15 bits per heavy atom. The predicted molar refractivity (Wildman–Crippen MR) is 51.1 cm³/mol. The Morgan fingerprint density at radius 3 is 2.69 bits per heavy atom. The maximum atomic E-state index is 11.6. The van der Waals surface area contributed by atoms with E-state index < -0.39 is 0 Å². The maximum absolute atomic E-state index is 11.6. The van der Waals surface area contributed by atoms with Crippen LogP contribution in [0.15, 0.2) is 0 Å². The smallest absolute Gasteiger partial charge is 0.240 e. The lowest BCUT2D eigenvalue weighted by Gasteiger charge is -2.19. The molecular weight excluding hydrogens is 164 g/mol. The minimum absolute atomic E-state index is 0.0430. The van der Waals surface area contributed by atoms with Gasteiger partial charge in [-0.15, -0.1) is 0 Å². The van der Waals surface area contributed by atoms with Crippen LogP contribution in [0.5, 0.6) is 0 Å². The highest BCUT2D eigenvalue weighted by molar-refractivity contribution is 5.83. The molecule has 0 aromatic carbocycles. The molecule has 1 amide bonds. The Bertz CT molecular complexity index is 199. The topological polar surface area (TPSA) is 32.3 Å². The minimum atomic E-state index is 0.0430. The van der Waals surface area contributed by atoms with Crippen LogP contribution in [0.4, 0.5) is 0 Å². The fourth-order valence-corrected chi connectivity index (χ4v) is 2.35. The van der Waals surface area contributed by atoms with Crippen LogP contribution in [0.2, 0.25) is 0 Å². The molecule has 0 aromatic heterocycles. The molecule has 0 bridgehead atoms. The molecule has 1 heterocycles. The van der Waals surface area contributed by atoms with Gasteiger partial charge in [-0.2, -0.15) is 0 Å². The molecule has 1 saturated heterocycles. The van der Waals surface area contributed by atoms with Crippen molar-refractivity contribution in [2.75, 3.05) is 13.2 Å². The van der Waals surface area contributed by atoms with Crippen molar-refractivity contribution in [3.63, 3.8) is 0 Å². The number of hydrogen-bond acceptors (Lipinski definition) is 2. The van der Waals surface area contributed by atoms with E-state index in [1.165, 1.54) is 25.7 Å². The van der Waals surface area contributed by atoms with Crippen LogP contribution in [-0.2, 0) is 4.79 Å². The normalized spacial score (nSPS) is 30.4. The van der Waals surface area contributed by atoms with Crippen LogP contribution in [-0.4, -0.2) is 30.1 Å². The van der Waals surface area contributed by atoms with Crippen molar-refractivity contribution in [1.82, 2.24) is 10.2 Å². The number of rotatable bonds is 2. The van der Waals surface area contributed by atoms with Crippen LogP contribution in [0, 0.1) is 5.92 Å². The molecule has 1 saturated carbocycles. The summed E-state index contributed by atoms with van der Waals surface area (Å²) >= 11 is 0. The van der Waals surface area contributed by atoms with Crippen molar-refractivity contribution in [2.24, 2.45) is 5.92 Å². The second-order valence-corrected chi connectivity index (χ2v) is 4.30. The van der Waals surface area contributed by atoms with Crippen LogP contribution >= 0.6 is 0 Å². The first-order valence-corrected chi connectivity index (χ1v) is 5.29. The lowest BCUT2D eigenvalue weighted by molar-refractivity contribution is -0.129. The van der Waals surface area contributed by atoms with Crippen molar-refractivity contribution in [3.8, 4) is 0 Å². The van der Waals surface area contributed by atoms with Crippen LogP contribution in [0.25, 0.3) is 0 Å². The Hall–Kier alpha value is -0.570. The molecule has 0 radical (unpaired) electrons. The third-order valence-electron chi connectivity index (χ3n) is 3.22. The molecule has 1 unspecified atom stereocenters. The van der Waals surface area contributed by atoms with E-state index in [1.54, 1.807) is 0 Å². The molecule has 2 fully saturated rings. The van der Waals surface area contributed by atoms with Crippen LogP contribution in [0.3, 0.4) is 0 Å². The van der Waals surface area contributed by atoms with Gasteiger partial charge in [-0.05, 0) is 25.7 Å². The zero-order chi connectivity index (χ0) is 9.26. The molecule has 1 aliphatic heterocycles. The Balaban J connectivity index is 1.84. The fourth-order valence-electron chi connectivity index (χ4n) is 2.35. The summed E-state index contributed by atoms with van der Waals surface area (Å²) in [6, 6.07) is 0.0430. The molecule has 1 aliphatic carbocycles. The van der Waals surface area contributed by atoms with Gasteiger partial charge in [-0.3, -0.25) is 10.1 Å². The highest BCUT2D eigenvalue weighted by Crippen LogP contribution is 2.26. The van der Waals surface area contributed by atoms with Gasteiger partial charge >= 0.3 is 0 Å². The van der Waals surface area contributed by atoms with E-state index in [-0.39, 0.29) is 11.9 Å². The van der Waals surface area contributed by atoms with Gasteiger partial charge in [0.2, 0.25) is 5.91 Å². The summed E-state index contributed by atoms with van der Waals surface area (Å²) in [6.07, 6.45) is 5.35. The summed E-state index contributed by atoms with van der Waals surface area (Å²) in [7, 11) is 0. The maximum Gasteiger partial charge on any atom is 0.240 e. The molecule has 3 nitrogen and oxygen atoms in total. The third kappa shape index (κ3) is 1.85. The summed E-state index contributed by atoms with van der Waals surface area (Å²) in [6.45, 7) is 3.68. The average molecular weight is 182 g/mol. The van der Waals surface area contributed by atoms with Gasteiger partial charge < -0.3 is 4.90 Å². The molecule has 3 heteroatoms. The molecule has 13 heavy (non-hydrogen) atoms. The van der Waals surface area contributed by atoms with E-state index in [0.29, 0.717) is 0 Å². The van der Waals surface area contributed by atoms with E-state index in [9.17, 15) is 4.79 Å². The second-order valence-electron chi connectivity index (χ2n) is 4.30. The van der Waals surface area contributed by atoms with Crippen molar-refractivity contribution in [3.05, 3.63) is 0 Å². The SMILES string of the molecule is CC1NCN(CC2CCCC2)C1=O. The van der Waals surface area contributed by atoms with Crippen molar-refractivity contribution >= 4 is 5.91 Å². The van der Waals surface area contributed by atoms with Crippen LogP contribution < -0.4 is 5.32 Å². The van der Waals surface area contributed by atoms with E-state index >= 15 is 0 Å². The average Bonchev–Trinajstić information content (AvgIpc) is 2.71. The zero-order valence-electron chi connectivity index (χ0n) is 8.25. The fraction of sp³-hybridized carbons (Fsp3) is 0.900. The first-order valence-electron chi connectivity index (χ1n) is 5.29. The molecule has 2 aliphatic rings. The third-order valence-corrected chi connectivity index (χ3v) is 3.22. The molecule has 74 valence electrons. The van der Waals surface area contributed by atoms with Gasteiger partial charge in [0.25, 0.3) is 0 Å². The summed E-state index contributed by atoms with van der Waals surface area (Å²) in [5.41, 5.74) is 0. The molecule has 0 spiro atoms. The summed E-state index contributed by atoms with van der Waals surface area (Å²) in [5.74, 6) is 1.06. The van der Waals surface area contributed by atoms with Gasteiger partial charge in [-0.1, -0.05) is 12.8 Å². The first-order chi connectivity index (χ1) is 6.27. The number of amides is 1. The number of hydrogen-bond donors (Lipinski definition) is 1. The van der Waals surface area contributed by atoms with Crippen molar-refractivity contribution in [2.45, 2.75) is 38.6 Å². The molecule has 2 rings (SSSR count). The van der Waals surface area contributed by atoms with E-state index in [4.69, 9.17) is 0 Å². The highest BCUT2D eigenvalue weighted by atomic mass is 16.2. The largest absolute Gasteiger partial charge is 0.328 e. The van der Waals surface area contributed by atoms with Gasteiger partial charge in [0, 0.05) is 6.54 Å². The summed E-state index contributed by atoms with van der Waals surface area (Å²) in [5, 5.41) is 3.17. The highest BCUT2D eigenvalue weighted by Gasteiger charge is 2.29. The summed E-state index contributed by atoms with van der Waals surface area (Å²) < 4.78 is 0. The van der Waals surface area contributed by atoms with Crippen molar-refractivity contribution < 1.29 is 4.79 Å². The monoisotopic (exact) mass is 182 g/mol. The lowest BCUT2D eigenvalue weighted by Crippen LogP contribution is -2.32. The number of nitrogens with zero attached hydrogens (tertiary/aromatic N) is 1. The Morgan fingerprint density at radius 1 is 1.46 bits per heavy atom. The van der Waals surface area contributed by atoms with Crippen LogP contribution in [0.1, 0.15) is 32.6 Å². The molecule has 1 N–H and O–H groups in total. The van der Waals surface area contributed by atoms with E-state index in [2.05, 4.69) is 5.32 Å². The number of carbonyl (C=O) groups is 1. The number of nitrogens with one attached hydrogen (secondary N) is 1. The van der Waals surface area contributed by atoms with Crippen molar-refractivity contribution in [1.29, 1.82) is 0 Å².